The number of hydrazine groups is 1. The van der Waals surface area contributed by atoms with E-state index in [1.807, 2.05) is 0 Å². The zero-order valence-corrected chi connectivity index (χ0v) is 12.1. The molecule has 2 aromatic rings. The Morgan fingerprint density at radius 1 is 1.41 bits per heavy atom. The highest BCUT2D eigenvalue weighted by Gasteiger charge is 2.53. The standard InChI is InChI=1S/C12H18N6O4/c1-12(21)8(20)6(3-19)22-11(12)18-5-16-7-9(17-13-2)14-4-15-10(7)18/h4-6,8,11,13,19-21H,3H2,1-2H3,(H,14,15,17)/t6-,8-,11-,12-/m1/s1. The van der Waals surface area contributed by atoms with Crippen LogP contribution in [0.15, 0.2) is 12.7 Å². The Balaban J connectivity index is 2.06. The van der Waals surface area contributed by atoms with Crippen molar-refractivity contribution in [3.63, 3.8) is 0 Å². The summed E-state index contributed by atoms with van der Waals surface area (Å²) in [4.78, 5) is 12.4. The number of rotatable bonds is 4. The molecule has 10 nitrogen and oxygen atoms in total. The second-order valence-electron chi connectivity index (χ2n) is 5.30. The Hall–Kier alpha value is -1.85. The van der Waals surface area contributed by atoms with Crippen molar-refractivity contribution in [2.75, 3.05) is 19.1 Å². The third kappa shape index (κ3) is 2.12. The number of ether oxygens (including phenoxy) is 1. The molecule has 4 atom stereocenters. The molecule has 0 spiro atoms. The van der Waals surface area contributed by atoms with Crippen LogP contribution >= 0.6 is 0 Å². The maximum atomic E-state index is 10.5. The molecule has 3 rings (SSSR count). The Morgan fingerprint density at radius 2 is 2.18 bits per heavy atom. The summed E-state index contributed by atoms with van der Waals surface area (Å²) in [7, 11) is 1.69. The lowest BCUT2D eigenvalue weighted by atomic mass is 9.96. The molecule has 0 saturated carbocycles. The molecule has 0 amide bonds. The predicted octanol–water partition coefficient (Wildman–Crippen LogP) is -1.63. The number of aromatic nitrogens is 4. The average Bonchev–Trinajstić information content (AvgIpc) is 3.01. The van der Waals surface area contributed by atoms with E-state index in [0.717, 1.165) is 0 Å². The Labute approximate surface area is 125 Å². The molecule has 0 aliphatic carbocycles. The molecule has 1 aliphatic rings. The van der Waals surface area contributed by atoms with Crippen molar-refractivity contribution in [3.05, 3.63) is 12.7 Å². The van der Waals surface area contributed by atoms with Crippen LogP contribution in [0, 0.1) is 0 Å². The summed E-state index contributed by atoms with van der Waals surface area (Å²) in [5.41, 5.74) is 4.91. The molecular formula is C12H18N6O4. The third-order valence-electron chi connectivity index (χ3n) is 3.79. The summed E-state index contributed by atoms with van der Waals surface area (Å²) in [6.45, 7) is 1.04. The van der Waals surface area contributed by atoms with Gasteiger partial charge in [0.25, 0.3) is 0 Å². The van der Waals surface area contributed by atoms with Crippen LogP contribution in [-0.2, 0) is 4.74 Å². The molecule has 3 heterocycles. The normalized spacial score (nSPS) is 31.8. The molecule has 0 radical (unpaired) electrons. The van der Waals surface area contributed by atoms with Crippen LogP contribution in [0.5, 0.6) is 0 Å². The number of hydrogen-bond donors (Lipinski definition) is 5. The first-order valence-corrected chi connectivity index (χ1v) is 6.77. The quantitative estimate of drug-likeness (QED) is 0.421. The van der Waals surface area contributed by atoms with Crippen molar-refractivity contribution in [2.24, 2.45) is 0 Å². The van der Waals surface area contributed by atoms with Gasteiger partial charge in [-0.3, -0.25) is 4.57 Å². The van der Waals surface area contributed by atoms with Crippen molar-refractivity contribution >= 4 is 17.0 Å². The van der Waals surface area contributed by atoms with Crippen LogP contribution < -0.4 is 10.9 Å². The van der Waals surface area contributed by atoms with Gasteiger partial charge in [-0.2, -0.15) is 0 Å². The number of hydrogen-bond acceptors (Lipinski definition) is 9. The number of anilines is 1. The van der Waals surface area contributed by atoms with Crippen LogP contribution in [0.1, 0.15) is 13.2 Å². The minimum Gasteiger partial charge on any atom is -0.394 e. The van der Waals surface area contributed by atoms with Gasteiger partial charge < -0.3 is 25.5 Å². The highest BCUT2D eigenvalue weighted by Crippen LogP contribution is 2.39. The number of imidazole rings is 1. The van der Waals surface area contributed by atoms with Crippen molar-refractivity contribution in [1.82, 2.24) is 24.9 Å². The molecule has 1 fully saturated rings. The second-order valence-corrected chi connectivity index (χ2v) is 5.30. The van der Waals surface area contributed by atoms with E-state index < -0.39 is 30.6 Å². The molecule has 120 valence electrons. The van der Waals surface area contributed by atoms with E-state index in [0.29, 0.717) is 17.0 Å². The van der Waals surface area contributed by atoms with Crippen LogP contribution in [0.4, 0.5) is 5.82 Å². The highest BCUT2D eigenvalue weighted by atomic mass is 16.6. The van der Waals surface area contributed by atoms with Crippen LogP contribution in [0.2, 0.25) is 0 Å². The summed E-state index contributed by atoms with van der Waals surface area (Å²) < 4.78 is 7.08. The molecule has 2 aromatic heterocycles. The van der Waals surface area contributed by atoms with Gasteiger partial charge in [-0.05, 0) is 6.92 Å². The van der Waals surface area contributed by atoms with E-state index in [2.05, 4.69) is 25.8 Å². The van der Waals surface area contributed by atoms with Crippen molar-refractivity contribution in [2.45, 2.75) is 31.0 Å². The van der Waals surface area contributed by atoms with Crippen molar-refractivity contribution in [3.8, 4) is 0 Å². The number of nitrogens with one attached hydrogen (secondary N) is 2. The lowest BCUT2D eigenvalue weighted by Crippen LogP contribution is -2.44. The van der Waals surface area contributed by atoms with Gasteiger partial charge in [-0.1, -0.05) is 0 Å². The van der Waals surface area contributed by atoms with Crippen molar-refractivity contribution < 1.29 is 20.1 Å². The maximum absolute atomic E-state index is 10.5. The summed E-state index contributed by atoms with van der Waals surface area (Å²) >= 11 is 0. The molecule has 1 saturated heterocycles. The van der Waals surface area contributed by atoms with E-state index in [1.165, 1.54) is 24.1 Å². The molecule has 10 heteroatoms. The fraction of sp³-hybridized carbons (Fsp3) is 0.583. The van der Waals surface area contributed by atoms with Crippen molar-refractivity contribution in [1.29, 1.82) is 0 Å². The monoisotopic (exact) mass is 310 g/mol. The molecule has 5 N–H and O–H groups in total. The van der Waals surface area contributed by atoms with E-state index in [9.17, 15) is 15.3 Å². The van der Waals surface area contributed by atoms with Gasteiger partial charge in [-0.25, -0.2) is 20.4 Å². The van der Waals surface area contributed by atoms with E-state index in [4.69, 9.17) is 4.74 Å². The van der Waals surface area contributed by atoms with Gasteiger partial charge >= 0.3 is 0 Å². The van der Waals surface area contributed by atoms with Gasteiger partial charge in [0, 0.05) is 7.05 Å². The Bertz CT molecular complexity index is 675. The zero-order chi connectivity index (χ0) is 15.9. The average molecular weight is 310 g/mol. The first-order valence-electron chi connectivity index (χ1n) is 6.77. The van der Waals surface area contributed by atoms with E-state index in [-0.39, 0.29) is 0 Å². The first kappa shape index (κ1) is 15.1. The van der Waals surface area contributed by atoms with Gasteiger partial charge in [0.15, 0.2) is 23.2 Å². The van der Waals surface area contributed by atoms with Gasteiger partial charge in [0.1, 0.15) is 24.1 Å². The molecule has 22 heavy (non-hydrogen) atoms. The summed E-state index contributed by atoms with van der Waals surface area (Å²) in [6, 6.07) is 0. The van der Waals surface area contributed by atoms with Gasteiger partial charge in [0.2, 0.25) is 0 Å². The maximum Gasteiger partial charge on any atom is 0.171 e. The van der Waals surface area contributed by atoms with Crippen LogP contribution in [-0.4, -0.2) is 66.3 Å². The highest BCUT2D eigenvalue weighted by molar-refractivity contribution is 5.82. The molecule has 0 aromatic carbocycles. The molecule has 0 bridgehead atoms. The Kier molecular flexibility index (Phi) is 3.70. The topological polar surface area (TPSA) is 138 Å². The van der Waals surface area contributed by atoms with Gasteiger partial charge in [0.05, 0.1) is 12.9 Å². The smallest absolute Gasteiger partial charge is 0.171 e. The summed E-state index contributed by atoms with van der Waals surface area (Å²) in [5.74, 6) is 0.475. The largest absolute Gasteiger partial charge is 0.394 e. The zero-order valence-electron chi connectivity index (χ0n) is 12.1. The van der Waals surface area contributed by atoms with E-state index in [1.54, 1.807) is 7.05 Å². The number of aliphatic hydroxyl groups excluding tert-OH is 2. The predicted molar refractivity (Wildman–Crippen MR) is 75.6 cm³/mol. The van der Waals surface area contributed by atoms with Crippen LogP contribution in [0.25, 0.3) is 11.2 Å². The molecule has 1 aliphatic heterocycles. The van der Waals surface area contributed by atoms with E-state index >= 15 is 0 Å². The summed E-state index contributed by atoms with van der Waals surface area (Å²) in [5, 5.41) is 29.8. The SMILES string of the molecule is CNNc1ncnc2c1ncn2[C@@H]1O[C@H](CO)[C@@H](O)[C@@]1(C)O. The molecular weight excluding hydrogens is 292 g/mol. The lowest BCUT2D eigenvalue weighted by Gasteiger charge is -2.27. The Morgan fingerprint density at radius 3 is 2.82 bits per heavy atom. The second kappa shape index (κ2) is 5.41. The fourth-order valence-corrected chi connectivity index (χ4v) is 2.62. The first-order chi connectivity index (χ1) is 10.5. The van der Waals surface area contributed by atoms with Crippen LogP contribution in [0.3, 0.4) is 0 Å². The number of nitrogens with zero attached hydrogens (tertiary/aromatic N) is 4. The minimum absolute atomic E-state index is 0.401. The number of aliphatic hydroxyl groups is 3. The minimum atomic E-state index is -1.59. The number of fused-ring (bicyclic) bond motifs is 1. The fourth-order valence-electron chi connectivity index (χ4n) is 2.62. The molecule has 0 unspecified atom stereocenters. The third-order valence-corrected chi connectivity index (χ3v) is 3.79. The summed E-state index contributed by atoms with van der Waals surface area (Å²) in [6.07, 6.45) is -0.233. The lowest BCUT2D eigenvalue weighted by molar-refractivity contribution is -0.0950. The van der Waals surface area contributed by atoms with Gasteiger partial charge in [-0.15, -0.1) is 0 Å².